The molecular weight excluding hydrogens is 319 g/mol. The Bertz CT molecular complexity index is 707. The lowest BCUT2D eigenvalue weighted by molar-refractivity contribution is 0.622. The summed E-state index contributed by atoms with van der Waals surface area (Å²) < 4.78 is 15.6. The van der Waals surface area contributed by atoms with E-state index in [1.165, 1.54) is 6.07 Å². The molecule has 0 saturated heterocycles. The third kappa shape index (κ3) is 1.89. The normalized spacial score (nSPS) is 11.2. The first-order chi connectivity index (χ1) is 8.65. The Kier molecular flexibility index (Phi) is 2.79. The zero-order valence-corrected chi connectivity index (χ0v) is 11.5. The van der Waals surface area contributed by atoms with Gasteiger partial charge in [-0.1, -0.05) is 0 Å². The number of imidazole rings is 1. The summed E-state index contributed by atoms with van der Waals surface area (Å²) in [5.41, 5.74) is 7.20. The fourth-order valence-electron chi connectivity index (χ4n) is 1.77. The van der Waals surface area contributed by atoms with E-state index < -0.39 is 0 Å². The molecule has 0 radical (unpaired) electrons. The van der Waals surface area contributed by atoms with Gasteiger partial charge in [-0.25, -0.2) is 14.4 Å². The highest BCUT2D eigenvalue weighted by Crippen LogP contribution is 2.26. The molecule has 7 heteroatoms. The van der Waals surface area contributed by atoms with Crippen LogP contribution >= 0.6 is 27.3 Å². The standard InChI is InChI=1S/C11H8BrFN4S/c12-6-3-9-8(4-7(6)13)16-11(14)17(9)5-10-15-1-2-18-10/h1-4H,5H2,(H2,14,16). The van der Waals surface area contributed by atoms with Crippen LogP contribution < -0.4 is 5.73 Å². The minimum atomic E-state index is -0.346. The predicted octanol–water partition coefficient (Wildman–Crippen LogP) is 3.02. The molecule has 2 N–H and O–H groups in total. The average Bonchev–Trinajstić information content (AvgIpc) is 2.92. The number of benzene rings is 1. The Morgan fingerprint density at radius 2 is 2.28 bits per heavy atom. The molecule has 0 saturated carbocycles. The summed E-state index contributed by atoms with van der Waals surface area (Å²) in [5, 5.41) is 2.83. The van der Waals surface area contributed by atoms with Crippen molar-refractivity contribution in [3.8, 4) is 0 Å². The van der Waals surface area contributed by atoms with E-state index in [0.29, 0.717) is 22.5 Å². The maximum Gasteiger partial charge on any atom is 0.201 e. The second kappa shape index (κ2) is 4.33. The van der Waals surface area contributed by atoms with Gasteiger partial charge in [0.15, 0.2) is 0 Å². The lowest BCUT2D eigenvalue weighted by Gasteiger charge is -2.04. The second-order valence-corrected chi connectivity index (χ2v) is 5.57. The molecule has 0 unspecified atom stereocenters. The van der Waals surface area contributed by atoms with Gasteiger partial charge in [-0.2, -0.15) is 0 Å². The van der Waals surface area contributed by atoms with Crippen molar-refractivity contribution in [3.63, 3.8) is 0 Å². The van der Waals surface area contributed by atoms with Crippen LogP contribution in [0.15, 0.2) is 28.2 Å². The monoisotopic (exact) mass is 326 g/mol. The van der Waals surface area contributed by atoms with Gasteiger partial charge >= 0.3 is 0 Å². The van der Waals surface area contributed by atoms with Crippen molar-refractivity contribution in [1.29, 1.82) is 0 Å². The second-order valence-electron chi connectivity index (χ2n) is 3.74. The van der Waals surface area contributed by atoms with E-state index in [1.807, 2.05) is 9.95 Å². The Morgan fingerprint density at radius 3 is 3.00 bits per heavy atom. The Labute approximate surface area is 114 Å². The molecule has 92 valence electrons. The molecule has 2 heterocycles. The van der Waals surface area contributed by atoms with Crippen LogP contribution in [0.1, 0.15) is 5.01 Å². The number of hydrogen-bond donors (Lipinski definition) is 1. The van der Waals surface area contributed by atoms with Gasteiger partial charge in [-0.15, -0.1) is 11.3 Å². The molecule has 4 nitrogen and oxygen atoms in total. The Balaban J connectivity index is 2.16. The molecule has 0 aliphatic rings. The number of nitrogens with two attached hydrogens (primary N) is 1. The van der Waals surface area contributed by atoms with E-state index in [0.717, 1.165) is 10.5 Å². The minimum absolute atomic E-state index is 0.346. The summed E-state index contributed by atoms with van der Waals surface area (Å²) in [6.07, 6.45) is 1.74. The fraction of sp³-hybridized carbons (Fsp3) is 0.0909. The van der Waals surface area contributed by atoms with Crippen LogP contribution in [0, 0.1) is 5.82 Å². The molecule has 0 atom stereocenters. The summed E-state index contributed by atoms with van der Waals surface area (Å²) in [7, 11) is 0. The molecule has 0 fully saturated rings. The zero-order chi connectivity index (χ0) is 12.7. The maximum atomic E-state index is 13.4. The van der Waals surface area contributed by atoms with Gasteiger partial charge in [-0.3, -0.25) is 0 Å². The highest BCUT2D eigenvalue weighted by molar-refractivity contribution is 9.10. The Morgan fingerprint density at radius 1 is 1.44 bits per heavy atom. The largest absolute Gasteiger partial charge is 0.369 e. The molecular formula is C11H8BrFN4S. The fourth-order valence-corrected chi connectivity index (χ4v) is 2.71. The summed E-state index contributed by atoms with van der Waals surface area (Å²) in [6, 6.07) is 3.05. The number of rotatable bonds is 2. The summed E-state index contributed by atoms with van der Waals surface area (Å²) in [4.78, 5) is 8.36. The number of halogens is 2. The van der Waals surface area contributed by atoms with Gasteiger partial charge in [0.25, 0.3) is 0 Å². The van der Waals surface area contributed by atoms with Crippen molar-refractivity contribution >= 4 is 44.2 Å². The highest BCUT2D eigenvalue weighted by Gasteiger charge is 2.12. The van der Waals surface area contributed by atoms with Gasteiger partial charge in [0.05, 0.1) is 22.1 Å². The van der Waals surface area contributed by atoms with Crippen LogP contribution in [0.5, 0.6) is 0 Å². The van der Waals surface area contributed by atoms with Gasteiger partial charge in [0, 0.05) is 17.6 Å². The lowest BCUT2D eigenvalue weighted by atomic mass is 10.3. The zero-order valence-electron chi connectivity index (χ0n) is 9.10. The van der Waals surface area contributed by atoms with Crippen LogP contribution in [-0.4, -0.2) is 14.5 Å². The third-order valence-electron chi connectivity index (χ3n) is 2.60. The predicted molar refractivity (Wildman–Crippen MR) is 73.0 cm³/mol. The molecule has 18 heavy (non-hydrogen) atoms. The van der Waals surface area contributed by atoms with E-state index in [-0.39, 0.29) is 5.82 Å². The summed E-state index contributed by atoms with van der Waals surface area (Å²) in [5.74, 6) is 0.0131. The maximum absolute atomic E-state index is 13.4. The van der Waals surface area contributed by atoms with Crippen LogP contribution in [-0.2, 0) is 6.54 Å². The van der Waals surface area contributed by atoms with E-state index in [2.05, 4.69) is 25.9 Å². The minimum Gasteiger partial charge on any atom is -0.369 e. The number of fused-ring (bicyclic) bond motifs is 1. The van der Waals surface area contributed by atoms with Crippen LogP contribution in [0.2, 0.25) is 0 Å². The van der Waals surface area contributed by atoms with E-state index >= 15 is 0 Å². The number of nitrogen functional groups attached to an aromatic ring is 1. The third-order valence-corrected chi connectivity index (χ3v) is 3.97. The first kappa shape index (κ1) is 11.6. The van der Waals surface area contributed by atoms with Crippen molar-refractivity contribution in [1.82, 2.24) is 14.5 Å². The van der Waals surface area contributed by atoms with Crippen molar-refractivity contribution < 1.29 is 4.39 Å². The molecule has 1 aromatic carbocycles. The van der Waals surface area contributed by atoms with Gasteiger partial charge in [0.2, 0.25) is 5.95 Å². The van der Waals surface area contributed by atoms with Gasteiger partial charge < -0.3 is 10.3 Å². The molecule has 0 spiro atoms. The number of aromatic nitrogens is 3. The molecule has 3 aromatic rings. The Hall–Kier alpha value is -1.47. The number of thiazole rings is 1. The van der Waals surface area contributed by atoms with E-state index in [9.17, 15) is 4.39 Å². The van der Waals surface area contributed by atoms with Crippen LogP contribution in [0.25, 0.3) is 11.0 Å². The molecule has 2 aromatic heterocycles. The van der Waals surface area contributed by atoms with Crippen molar-refractivity contribution in [2.75, 3.05) is 5.73 Å². The lowest BCUT2D eigenvalue weighted by Crippen LogP contribution is -2.04. The molecule has 0 bridgehead atoms. The van der Waals surface area contributed by atoms with Gasteiger partial charge in [0.1, 0.15) is 10.8 Å². The molecule has 0 aliphatic carbocycles. The van der Waals surface area contributed by atoms with Crippen molar-refractivity contribution in [2.45, 2.75) is 6.54 Å². The average molecular weight is 327 g/mol. The molecule has 3 rings (SSSR count). The summed E-state index contributed by atoms with van der Waals surface area (Å²) in [6.45, 7) is 0.540. The number of nitrogens with zero attached hydrogens (tertiary/aromatic N) is 3. The van der Waals surface area contributed by atoms with Gasteiger partial charge in [-0.05, 0) is 22.0 Å². The number of hydrogen-bond acceptors (Lipinski definition) is 4. The van der Waals surface area contributed by atoms with E-state index in [1.54, 1.807) is 23.6 Å². The SMILES string of the molecule is Nc1nc2cc(F)c(Br)cc2n1Cc1nccs1. The highest BCUT2D eigenvalue weighted by atomic mass is 79.9. The number of anilines is 1. The molecule has 0 aliphatic heterocycles. The van der Waals surface area contributed by atoms with Crippen LogP contribution in [0.3, 0.4) is 0 Å². The first-order valence-electron chi connectivity index (χ1n) is 5.14. The van der Waals surface area contributed by atoms with Crippen molar-refractivity contribution in [3.05, 3.63) is 39.0 Å². The first-order valence-corrected chi connectivity index (χ1v) is 6.81. The topological polar surface area (TPSA) is 56.7 Å². The smallest absolute Gasteiger partial charge is 0.201 e. The molecule has 0 amide bonds. The summed E-state index contributed by atoms with van der Waals surface area (Å²) >= 11 is 4.71. The quantitative estimate of drug-likeness (QED) is 0.787. The van der Waals surface area contributed by atoms with Crippen molar-refractivity contribution in [2.24, 2.45) is 0 Å². The van der Waals surface area contributed by atoms with Crippen LogP contribution in [0.4, 0.5) is 10.3 Å². The van der Waals surface area contributed by atoms with E-state index in [4.69, 9.17) is 5.73 Å².